The van der Waals surface area contributed by atoms with Crippen molar-refractivity contribution in [2.75, 3.05) is 32.2 Å². The van der Waals surface area contributed by atoms with E-state index in [4.69, 9.17) is 22.1 Å². The minimum atomic E-state index is 0.701. The molecule has 1 radical (unpaired) electrons. The van der Waals surface area contributed by atoms with Gasteiger partial charge in [0.1, 0.15) is 0 Å². The molecular formula is C9H19O2S. The Labute approximate surface area is 81.0 Å². The van der Waals surface area contributed by atoms with Crippen molar-refractivity contribution in [2.24, 2.45) is 0 Å². The third-order valence-corrected chi connectivity index (χ3v) is 1.57. The zero-order chi connectivity index (χ0) is 9.07. The fourth-order valence-electron chi connectivity index (χ4n) is 0.816. The molecule has 0 unspecified atom stereocenters. The van der Waals surface area contributed by atoms with Gasteiger partial charge >= 0.3 is 0 Å². The van der Waals surface area contributed by atoms with Crippen LogP contribution in [-0.2, 0) is 9.47 Å². The summed E-state index contributed by atoms with van der Waals surface area (Å²) in [6, 6.07) is 0. The summed E-state index contributed by atoms with van der Waals surface area (Å²) in [5, 5.41) is 0. The van der Waals surface area contributed by atoms with Crippen LogP contribution in [-0.4, -0.2) is 32.2 Å². The summed E-state index contributed by atoms with van der Waals surface area (Å²) in [5.41, 5.74) is 0. The minimum absolute atomic E-state index is 0.701. The van der Waals surface area contributed by atoms with Gasteiger partial charge in [-0.1, -0.05) is 19.6 Å². The van der Waals surface area contributed by atoms with Gasteiger partial charge in [-0.25, -0.2) is 0 Å². The van der Waals surface area contributed by atoms with Gasteiger partial charge in [-0.05, 0) is 19.3 Å². The molecule has 0 saturated carbocycles. The number of hydrogen-bond donors (Lipinski definition) is 0. The number of hydrogen-bond acceptors (Lipinski definition) is 2. The highest BCUT2D eigenvalue weighted by Crippen LogP contribution is 1.92. The summed E-state index contributed by atoms with van der Waals surface area (Å²) in [6.45, 7) is 5.40. The molecule has 0 aliphatic heterocycles. The van der Waals surface area contributed by atoms with Crippen LogP contribution < -0.4 is 0 Å². The van der Waals surface area contributed by atoms with Crippen molar-refractivity contribution in [1.82, 2.24) is 0 Å². The van der Waals surface area contributed by atoms with Crippen LogP contribution in [0.15, 0.2) is 0 Å². The molecule has 2 nitrogen and oxygen atoms in total. The molecule has 0 amide bonds. The highest BCUT2D eigenvalue weighted by Gasteiger charge is 1.89. The van der Waals surface area contributed by atoms with Crippen LogP contribution in [0.3, 0.4) is 0 Å². The largest absolute Gasteiger partial charge is 0.381 e. The quantitative estimate of drug-likeness (QED) is 0.521. The molecule has 0 spiro atoms. The average molecular weight is 191 g/mol. The number of ether oxygens (including phenoxy) is 2. The lowest BCUT2D eigenvalue weighted by atomic mass is 10.3. The van der Waals surface area contributed by atoms with Gasteiger partial charge in [-0.3, -0.25) is 0 Å². The Bertz CT molecular complexity index is 68.9. The molecule has 3 heteroatoms. The van der Waals surface area contributed by atoms with Gasteiger partial charge in [0.15, 0.2) is 0 Å². The van der Waals surface area contributed by atoms with Crippen molar-refractivity contribution < 1.29 is 9.47 Å². The predicted octanol–water partition coefficient (Wildman–Crippen LogP) is 2.41. The molecular weight excluding hydrogens is 172 g/mol. The summed E-state index contributed by atoms with van der Waals surface area (Å²) in [4.78, 5) is 0. The van der Waals surface area contributed by atoms with E-state index in [9.17, 15) is 0 Å². The summed E-state index contributed by atoms with van der Waals surface area (Å²) >= 11 is 4.74. The Morgan fingerprint density at radius 3 is 2.00 bits per heavy atom. The monoisotopic (exact) mass is 191 g/mol. The van der Waals surface area contributed by atoms with Crippen molar-refractivity contribution >= 4 is 12.6 Å². The average Bonchev–Trinajstić information content (AvgIpc) is 2.10. The minimum Gasteiger partial charge on any atom is -0.381 e. The molecule has 0 fully saturated rings. The fourth-order valence-corrected chi connectivity index (χ4v) is 0.933. The molecule has 0 heterocycles. The molecule has 73 valence electrons. The van der Waals surface area contributed by atoms with Gasteiger partial charge in [0.25, 0.3) is 0 Å². The van der Waals surface area contributed by atoms with Crippen LogP contribution in [0.2, 0.25) is 0 Å². The molecule has 0 aromatic heterocycles. The molecule has 0 aliphatic rings. The van der Waals surface area contributed by atoms with Gasteiger partial charge in [0, 0.05) is 25.6 Å². The lowest BCUT2D eigenvalue weighted by Crippen LogP contribution is -2.01. The molecule has 0 atom stereocenters. The maximum atomic E-state index is 5.31. The second kappa shape index (κ2) is 11.3. The molecule has 0 rings (SSSR count). The van der Waals surface area contributed by atoms with E-state index in [1.807, 2.05) is 0 Å². The van der Waals surface area contributed by atoms with Gasteiger partial charge in [-0.15, -0.1) is 0 Å². The Kier molecular flexibility index (Phi) is 11.5. The first-order valence-corrected chi connectivity index (χ1v) is 5.23. The van der Waals surface area contributed by atoms with E-state index in [2.05, 4.69) is 6.92 Å². The highest BCUT2D eigenvalue weighted by atomic mass is 32.1. The van der Waals surface area contributed by atoms with Crippen molar-refractivity contribution in [3.63, 3.8) is 0 Å². The highest BCUT2D eigenvalue weighted by molar-refractivity contribution is 7.80. The first-order chi connectivity index (χ1) is 5.91. The Hall–Kier alpha value is 0.270. The van der Waals surface area contributed by atoms with Crippen LogP contribution in [0.25, 0.3) is 0 Å². The van der Waals surface area contributed by atoms with E-state index >= 15 is 0 Å². The molecule has 0 aromatic rings. The van der Waals surface area contributed by atoms with E-state index in [1.165, 1.54) is 0 Å². The maximum Gasteiger partial charge on any atom is 0.0565 e. The third kappa shape index (κ3) is 10.3. The summed E-state index contributed by atoms with van der Waals surface area (Å²) < 4.78 is 10.5. The van der Waals surface area contributed by atoms with Crippen molar-refractivity contribution in [2.45, 2.75) is 26.2 Å². The lowest BCUT2D eigenvalue weighted by Gasteiger charge is -2.02. The van der Waals surface area contributed by atoms with Crippen LogP contribution in [0, 0.1) is 0 Å². The lowest BCUT2D eigenvalue weighted by molar-refractivity contribution is 0.109. The van der Waals surface area contributed by atoms with E-state index in [0.29, 0.717) is 12.4 Å². The van der Waals surface area contributed by atoms with Crippen molar-refractivity contribution in [1.29, 1.82) is 0 Å². The zero-order valence-electron chi connectivity index (χ0n) is 7.88. The Morgan fingerprint density at radius 1 is 0.917 bits per heavy atom. The van der Waals surface area contributed by atoms with Crippen LogP contribution >= 0.6 is 12.6 Å². The number of rotatable bonds is 9. The van der Waals surface area contributed by atoms with Crippen molar-refractivity contribution in [3.05, 3.63) is 0 Å². The second-order valence-corrected chi connectivity index (χ2v) is 3.04. The van der Waals surface area contributed by atoms with E-state index in [0.717, 1.165) is 39.1 Å². The summed E-state index contributed by atoms with van der Waals surface area (Å²) in [7, 11) is 0. The van der Waals surface area contributed by atoms with Gasteiger partial charge in [0.05, 0.1) is 6.61 Å². The maximum absolute atomic E-state index is 5.31. The molecule has 0 bridgehead atoms. The Balaban J connectivity index is 2.73. The van der Waals surface area contributed by atoms with Crippen molar-refractivity contribution in [3.8, 4) is 0 Å². The van der Waals surface area contributed by atoms with E-state index in [-0.39, 0.29) is 0 Å². The number of unbranched alkanes of at least 4 members (excludes halogenated alkanes) is 1. The zero-order valence-corrected chi connectivity index (χ0v) is 8.70. The van der Waals surface area contributed by atoms with Crippen LogP contribution in [0.1, 0.15) is 26.2 Å². The second-order valence-electron chi connectivity index (χ2n) is 2.64. The van der Waals surface area contributed by atoms with Gasteiger partial charge < -0.3 is 9.47 Å². The van der Waals surface area contributed by atoms with Gasteiger partial charge in [0.2, 0.25) is 0 Å². The summed E-state index contributed by atoms with van der Waals surface area (Å²) in [6.07, 6.45) is 3.28. The molecule has 0 N–H and O–H groups in total. The standard InChI is InChI=1S/C9H19O2S/c1-2-5-10-6-3-4-7-11-8-9-12/h2-9H2,1H3. The molecule has 0 aromatic carbocycles. The first-order valence-electron chi connectivity index (χ1n) is 4.65. The predicted molar refractivity (Wildman–Crippen MR) is 53.6 cm³/mol. The molecule has 0 aliphatic carbocycles. The fraction of sp³-hybridized carbons (Fsp3) is 1.00. The van der Waals surface area contributed by atoms with E-state index < -0.39 is 0 Å². The Morgan fingerprint density at radius 2 is 1.50 bits per heavy atom. The topological polar surface area (TPSA) is 18.5 Å². The smallest absolute Gasteiger partial charge is 0.0565 e. The summed E-state index contributed by atoms with van der Waals surface area (Å²) in [5.74, 6) is 0.701. The SMILES string of the molecule is CCCOCCCCOCC[S]. The first kappa shape index (κ1) is 12.3. The van der Waals surface area contributed by atoms with Crippen LogP contribution in [0.5, 0.6) is 0 Å². The molecule has 12 heavy (non-hydrogen) atoms. The normalized spacial score (nSPS) is 10.5. The van der Waals surface area contributed by atoms with Crippen LogP contribution in [0.4, 0.5) is 0 Å². The third-order valence-electron chi connectivity index (χ3n) is 1.40. The molecule has 0 saturated heterocycles. The van der Waals surface area contributed by atoms with Gasteiger partial charge in [-0.2, -0.15) is 0 Å². The van der Waals surface area contributed by atoms with E-state index in [1.54, 1.807) is 0 Å².